The van der Waals surface area contributed by atoms with Crippen LogP contribution in [-0.4, -0.2) is 31.0 Å². The highest BCUT2D eigenvalue weighted by molar-refractivity contribution is 5.88. The van der Waals surface area contributed by atoms with E-state index in [1.807, 2.05) is 0 Å². The minimum Gasteiger partial charge on any atom is -0.391 e. The highest BCUT2D eigenvalue weighted by Crippen LogP contribution is 2.23. The maximum absolute atomic E-state index is 12.1. The first-order valence-electron chi connectivity index (χ1n) is 3.30. The summed E-state index contributed by atoms with van der Waals surface area (Å²) in [7, 11) is 0. The number of alkyl halides is 5. The lowest BCUT2D eigenvalue weighted by Crippen LogP contribution is -2.35. The third-order valence-corrected chi connectivity index (χ3v) is 1.01. The highest BCUT2D eigenvalue weighted by atomic mass is 19.4. The van der Waals surface area contributed by atoms with Gasteiger partial charge in [0.25, 0.3) is 6.17 Å². The quantitative estimate of drug-likeness (QED) is 0.409. The molecule has 0 saturated carbocycles. The molecule has 3 nitrogen and oxygen atoms in total. The van der Waals surface area contributed by atoms with Gasteiger partial charge in [-0.15, -0.1) is 0 Å². The van der Waals surface area contributed by atoms with Gasteiger partial charge in [0.2, 0.25) is 0 Å². The molecule has 0 aliphatic rings. The molecule has 0 N–H and O–H groups in total. The number of halogens is 5. The van der Waals surface area contributed by atoms with E-state index < -0.39 is 37.4 Å². The summed E-state index contributed by atoms with van der Waals surface area (Å²) in [6.07, 6.45) is -10.2. The Kier molecular flexibility index (Phi) is 4.45. The predicted molar refractivity (Wildman–Crippen MR) is 32.6 cm³/mol. The molecule has 0 rings (SSSR count). The van der Waals surface area contributed by atoms with Gasteiger partial charge < -0.3 is 4.74 Å². The molecular formula is C6H5F5O3. The second-order valence-electron chi connectivity index (χ2n) is 2.14. The van der Waals surface area contributed by atoms with Crippen molar-refractivity contribution in [2.24, 2.45) is 0 Å². The number of ether oxygens (including phenoxy) is 1. The van der Waals surface area contributed by atoms with Crippen LogP contribution < -0.4 is 0 Å². The summed E-state index contributed by atoms with van der Waals surface area (Å²) < 4.78 is 61.2. The zero-order valence-electron chi connectivity index (χ0n) is 6.61. The standard InChI is InChI=1S/C6H5F5O3/c7-2-1-3(12)14-5(13)4(8)6(9,10)11/h4H,1-2H2. The van der Waals surface area contributed by atoms with Crippen LogP contribution in [0.15, 0.2) is 0 Å². The molecule has 0 heterocycles. The maximum atomic E-state index is 12.1. The van der Waals surface area contributed by atoms with Gasteiger partial charge >= 0.3 is 18.1 Å². The van der Waals surface area contributed by atoms with Crippen molar-refractivity contribution in [3.63, 3.8) is 0 Å². The lowest BCUT2D eigenvalue weighted by Gasteiger charge is -2.09. The van der Waals surface area contributed by atoms with E-state index in [0.29, 0.717) is 0 Å². The molecule has 8 heteroatoms. The summed E-state index contributed by atoms with van der Waals surface area (Å²) in [4.78, 5) is 20.5. The van der Waals surface area contributed by atoms with Crippen LogP contribution in [0.1, 0.15) is 6.42 Å². The Hall–Kier alpha value is -1.21. The van der Waals surface area contributed by atoms with Crippen molar-refractivity contribution < 1.29 is 36.3 Å². The van der Waals surface area contributed by atoms with Gasteiger partial charge in [-0.05, 0) is 0 Å². The Balaban J connectivity index is 4.15. The van der Waals surface area contributed by atoms with Crippen LogP contribution in [0.5, 0.6) is 0 Å². The van der Waals surface area contributed by atoms with Crippen molar-refractivity contribution >= 4 is 11.9 Å². The molecule has 0 spiro atoms. The Labute approximate surface area is 74.8 Å². The van der Waals surface area contributed by atoms with E-state index in [0.717, 1.165) is 0 Å². The van der Waals surface area contributed by atoms with E-state index in [1.165, 1.54) is 0 Å². The topological polar surface area (TPSA) is 43.4 Å². The molecule has 0 radical (unpaired) electrons. The number of hydrogen-bond donors (Lipinski definition) is 0. The van der Waals surface area contributed by atoms with Gasteiger partial charge in [-0.25, -0.2) is 9.18 Å². The zero-order chi connectivity index (χ0) is 11.4. The molecule has 0 bridgehead atoms. The Morgan fingerprint density at radius 3 is 2.14 bits per heavy atom. The fraction of sp³-hybridized carbons (Fsp3) is 0.667. The summed E-state index contributed by atoms with van der Waals surface area (Å²) in [6.45, 7) is -1.20. The van der Waals surface area contributed by atoms with Gasteiger partial charge in [-0.3, -0.25) is 9.18 Å². The van der Waals surface area contributed by atoms with Crippen LogP contribution in [0.3, 0.4) is 0 Å². The van der Waals surface area contributed by atoms with Gasteiger partial charge in [0.1, 0.15) is 0 Å². The average Bonchev–Trinajstić information content (AvgIpc) is 2.01. The SMILES string of the molecule is O=C(CCF)OC(=O)C(F)C(F)(F)F. The smallest absolute Gasteiger partial charge is 0.391 e. The molecule has 0 aromatic rings. The van der Waals surface area contributed by atoms with E-state index in [1.54, 1.807) is 0 Å². The summed E-state index contributed by atoms with van der Waals surface area (Å²) in [5.41, 5.74) is 0. The fourth-order valence-electron chi connectivity index (χ4n) is 0.426. The van der Waals surface area contributed by atoms with Crippen molar-refractivity contribution in [2.75, 3.05) is 6.67 Å². The fourth-order valence-corrected chi connectivity index (χ4v) is 0.426. The Bertz CT molecular complexity index is 224. The van der Waals surface area contributed by atoms with Crippen LogP contribution >= 0.6 is 0 Å². The predicted octanol–water partition coefficient (Wildman–Crippen LogP) is 1.32. The molecule has 0 saturated heterocycles. The maximum Gasteiger partial charge on any atom is 0.430 e. The molecule has 0 fully saturated rings. The minimum absolute atomic E-state index is 0.893. The monoisotopic (exact) mass is 220 g/mol. The molecule has 0 aromatic heterocycles. The van der Waals surface area contributed by atoms with Crippen LogP contribution in [0.2, 0.25) is 0 Å². The Morgan fingerprint density at radius 1 is 1.29 bits per heavy atom. The molecular weight excluding hydrogens is 215 g/mol. The lowest BCUT2D eigenvalue weighted by atomic mass is 10.4. The lowest BCUT2D eigenvalue weighted by molar-refractivity contribution is -0.201. The summed E-state index contributed by atoms with van der Waals surface area (Å²) in [6, 6.07) is 0. The number of esters is 2. The third kappa shape index (κ3) is 4.15. The molecule has 14 heavy (non-hydrogen) atoms. The van der Waals surface area contributed by atoms with Gasteiger partial charge in [0, 0.05) is 0 Å². The van der Waals surface area contributed by atoms with Crippen LogP contribution in [0.4, 0.5) is 22.0 Å². The second-order valence-corrected chi connectivity index (χ2v) is 2.14. The molecule has 0 aliphatic heterocycles. The van der Waals surface area contributed by atoms with Crippen molar-refractivity contribution in [2.45, 2.75) is 18.8 Å². The number of hydrogen-bond acceptors (Lipinski definition) is 3. The van der Waals surface area contributed by atoms with Gasteiger partial charge in [0.05, 0.1) is 13.1 Å². The van der Waals surface area contributed by atoms with Gasteiger partial charge in [-0.2, -0.15) is 13.2 Å². The van der Waals surface area contributed by atoms with Crippen molar-refractivity contribution in [3.8, 4) is 0 Å². The van der Waals surface area contributed by atoms with E-state index in [4.69, 9.17) is 0 Å². The summed E-state index contributed by atoms with van der Waals surface area (Å²) >= 11 is 0. The molecule has 0 aromatic carbocycles. The first-order valence-corrected chi connectivity index (χ1v) is 3.30. The first kappa shape index (κ1) is 12.8. The van der Waals surface area contributed by atoms with Crippen molar-refractivity contribution in [1.82, 2.24) is 0 Å². The number of rotatable bonds is 3. The largest absolute Gasteiger partial charge is 0.430 e. The molecule has 1 atom stereocenters. The third-order valence-electron chi connectivity index (χ3n) is 1.01. The van der Waals surface area contributed by atoms with E-state index >= 15 is 0 Å². The minimum atomic E-state index is -5.42. The normalized spacial score (nSPS) is 13.5. The van der Waals surface area contributed by atoms with Gasteiger partial charge in [0.15, 0.2) is 0 Å². The van der Waals surface area contributed by atoms with Crippen molar-refractivity contribution in [3.05, 3.63) is 0 Å². The highest BCUT2D eigenvalue weighted by Gasteiger charge is 2.47. The second kappa shape index (κ2) is 4.87. The van der Waals surface area contributed by atoms with Crippen LogP contribution in [0, 0.1) is 0 Å². The summed E-state index contributed by atoms with van der Waals surface area (Å²) in [5.74, 6) is -3.92. The Morgan fingerprint density at radius 2 is 1.79 bits per heavy atom. The molecule has 0 aliphatic carbocycles. The average molecular weight is 220 g/mol. The van der Waals surface area contributed by atoms with E-state index in [9.17, 15) is 31.5 Å². The van der Waals surface area contributed by atoms with E-state index in [2.05, 4.69) is 4.74 Å². The molecule has 1 unspecified atom stereocenters. The van der Waals surface area contributed by atoms with Gasteiger partial charge in [-0.1, -0.05) is 0 Å². The first-order chi connectivity index (χ1) is 6.29. The van der Waals surface area contributed by atoms with Crippen molar-refractivity contribution in [1.29, 1.82) is 0 Å². The van der Waals surface area contributed by atoms with Crippen LogP contribution in [0.25, 0.3) is 0 Å². The van der Waals surface area contributed by atoms with Crippen LogP contribution in [-0.2, 0) is 14.3 Å². The zero-order valence-corrected chi connectivity index (χ0v) is 6.61. The number of carbonyl (C=O) groups is 2. The van der Waals surface area contributed by atoms with E-state index in [-0.39, 0.29) is 0 Å². The summed E-state index contributed by atoms with van der Waals surface area (Å²) in [5, 5.41) is 0. The number of carbonyl (C=O) groups excluding carboxylic acids is 2. The molecule has 0 amide bonds. The molecule has 82 valence electrons.